The molecule has 0 aliphatic carbocycles. The summed E-state index contributed by atoms with van der Waals surface area (Å²) in [6.45, 7) is 4.33. The van der Waals surface area contributed by atoms with E-state index in [4.69, 9.17) is 0 Å². The molecule has 0 saturated heterocycles. The maximum absolute atomic E-state index is 4.55. The van der Waals surface area contributed by atoms with Gasteiger partial charge in [0.1, 0.15) is 0 Å². The van der Waals surface area contributed by atoms with Crippen molar-refractivity contribution in [1.82, 2.24) is 9.97 Å². The molecule has 0 aliphatic rings. The van der Waals surface area contributed by atoms with Crippen molar-refractivity contribution in [3.05, 3.63) is 23.8 Å². The molecular formula is C12H15BrN2S. The summed E-state index contributed by atoms with van der Waals surface area (Å²) >= 11 is 5.28. The Hall–Kier alpha value is -0.480. The number of halogens is 1. The Morgan fingerprint density at radius 1 is 1.50 bits per heavy atom. The van der Waals surface area contributed by atoms with E-state index in [1.165, 1.54) is 5.56 Å². The van der Waals surface area contributed by atoms with Crippen LogP contribution >= 0.6 is 27.7 Å². The smallest absolute Gasteiger partial charge is 0.166 e. The summed E-state index contributed by atoms with van der Waals surface area (Å²) in [5.74, 6) is 1.75. The molecule has 0 bridgehead atoms. The third-order valence-corrected chi connectivity index (χ3v) is 4.69. The molecule has 1 aromatic heterocycles. The van der Waals surface area contributed by atoms with Crippen LogP contribution in [0.25, 0.3) is 11.0 Å². The number of hydrogen-bond donors (Lipinski definition) is 1. The Bertz CT molecular complexity index is 481. The van der Waals surface area contributed by atoms with E-state index in [0.717, 1.165) is 27.3 Å². The number of hydrogen-bond acceptors (Lipinski definition) is 2. The molecule has 86 valence electrons. The van der Waals surface area contributed by atoms with Crippen LogP contribution in [0, 0.1) is 12.8 Å². The number of thioether (sulfide) groups is 1. The van der Waals surface area contributed by atoms with Gasteiger partial charge in [-0.15, -0.1) is 0 Å². The maximum atomic E-state index is 4.55. The zero-order valence-electron chi connectivity index (χ0n) is 9.46. The standard InChI is InChI=1S/C12H15BrN2S/c1-8-3-4-10-11(5-8)15-12(14-10)16-7-9(2)6-13/h3-5,9H,6-7H2,1-2H3,(H,14,15). The Balaban J connectivity index is 2.13. The van der Waals surface area contributed by atoms with Crippen molar-refractivity contribution in [3.8, 4) is 0 Å². The molecule has 2 nitrogen and oxygen atoms in total. The first kappa shape index (κ1) is 12.0. The minimum Gasteiger partial charge on any atom is -0.333 e. The van der Waals surface area contributed by atoms with E-state index < -0.39 is 0 Å². The molecule has 1 aromatic carbocycles. The number of imidazole rings is 1. The van der Waals surface area contributed by atoms with Gasteiger partial charge in [0, 0.05) is 11.1 Å². The van der Waals surface area contributed by atoms with E-state index in [0.29, 0.717) is 5.92 Å². The fourth-order valence-corrected chi connectivity index (χ4v) is 2.87. The first-order chi connectivity index (χ1) is 7.69. The number of benzene rings is 1. The zero-order chi connectivity index (χ0) is 11.5. The average Bonchev–Trinajstić information content (AvgIpc) is 2.67. The molecule has 2 aromatic rings. The van der Waals surface area contributed by atoms with Crippen molar-refractivity contribution >= 4 is 38.7 Å². The number of rotatable bonds is 4. The Kier molecular flexibility index (Phi) is 3.92. The molecular weight excluding hydrogens is 284 g/mol. The molecule has 1 heterocycles. The number of nitrogens with one attached hydrogen (secondary N) is 1. The summed E-state index contributed by atoms with van der Waals surface area (Å²) in [5, 5.41) is 2.06. The van der Waals surface area contributed by atoms with Gasteiger partial charge >= 0.3 is 0 Å². The quantitative estimate of drug-likeness (QED) is 0.683. The largest absolute Gasteiger partial charge is 0.333 e. The summed E-state index contributed by atoms with van der Waals surface area (Å²) in [6, 6.07) is 6.30. The molecule has 0 radical (unpaired) electrons. The van der Waals surface area contributed by atoms with Crippen molar-refractivity contribution in [2.24, 2.45) is 5.92 Å². The molecule has 0 fully saturated rings. The summed E-state index contributed by atoms with van der Waals surface area (Å²) in [7, 11) is 0. The summed E-state index contributed by atoms with van der Waals surface area (Å²) < 4.78 is 0. The molecule has 0 spiro atoms. The Labute approximate surface area is 108 Å². The van der Waals surface area contributed by atoms with Crippen LogP contribution in [0.1, 0.15) is 12.5 Å². The lowest BCUT2D eigenvalue weighted by atomic mass is 10.2. The predicted octanol–water partition coefficient (Wildman–Crippen LogP) is 3.99. The highest BCUT2D eigenvalue weighted by Gasteiger charge is 2.06. The van der Waals surface area contributed by atoms with Gasteiger partial charge in [-0.05, 0) is 30.5 Å². The molecule has 1 atom stereocenters. The van der Waals surface area contributed by atoms with E-state index in [-0.39, 0.29) is 0 Å². The normalized spacial score (nSPS) is 13.2. The van der Waals surface area contributed by atoms with Gasteiger partial charge in [0.05, 0.1) is 11.0 Å². The van der Waals surface area contributed by atoms with E-state index in [1.807, 2.05) is 0 Å². The molecule has 0 amide bonds. The number of fused-ring (bicyclic) bond motifs is 1. The SMILES string of the molecule is Cc1ccc2nc(SCC(C)CBr)[nH]c2c1. The fourth-order valence-electron chi connectivity index (χ4n) is 1.43. The molecule has 16 heavy (non-hydrogen) atoms. The van der Waals surface area contributed by atoms with Crippen LogP contribution in [0.15, 0.2) is 23.4 Å². The topological polar surface area (TPSA) is 28.7 Å². The third kappa shape index (κ3) is 2.80. The first-order valence-corrected chi connectivity index (χ1v) is 7.45. The second-order valence-electron chi connectivity index (χ2n) is 4.13. The number of H-pyrrole nitrogens is 1. The molecule has 1 N–H and O–H groups in total. The number of alkyl halides is 1. The van der Waals surface area contributed by atoms with Gasteiger partial charge in [0.25, 0.3) is 0 Å². The molecule has 4 heteroatoms. The number of aromatic nitrogens is 2. The van der Waals surface area contributed by atoms with Crippen LogP contribution in [0.5, 0.6) is 0 Å². The Morgan fingerprint density at radius 3 is 3.06 bits per heavy atom. The van der Waals surface area contributed by atoms with Crippen LogP contribution in [0.4, 0.5) is 0 Å². The van der Waals surface area contributed by atoms with Crippen molar-refractivity contribution in [2.75, 3.05) is 11.1 Å². The van der Waals surface area contributed by atoms with Crippen molar-refractivity contribution in [2.45, 2.75) is 19.0 Å². The minimum absolute atomic E-state index is 0.667. The van der Waals surface area contributed by atoms with Gasteiger partial charge in [-0.2, -0.15) is 0 Å². The second-order valence-corrected chi connectivity index (χ2v) is 5.79. The van der Waals surface area contributed by atoms with Gasteiger partial charge in [-0.1, -0.05) is 40.7 Å². The zero-order valence-corrected chi connectivity index (χ0v) is 11.9. The van der Waals surface area contributed by atoms with Crippen molar-refractivity contribution in [1.29, 1.82) is 0 Å². The lowest BCUT2D eigenvalue weighted by molar-refractivity contribution is 0.768. The van der Waals surface area contributed by atoms with E-state index in [2.05, 4.69) is 57.9 Å². The fraction of sp³-hybridized carbons (Fsp3) is 0.417. The van der Waals surface area contributed by atoms with Crippen LogP contribution in [-0.2, 0) is 0 Å². The second kappa shape index (κ2) is 5.23. The highest BCUT2D eigenvalue weighted by Crippen LogP contribution is 2.22. The van der Waals surface area contributed by atoms with Crippen molar-refractivity contribution < 1.29 is 0 Å². The van der Waals surface area contributed by atoms with Crippen LogP contribution < -0.4 is 0 Å². The third-order valence-electron chi connectivity index (χ3n) is 2.38. The van der Waals surface area contributed by atoms with Gasteiger partial charge in [-0.25, -0.2) is 4.98 Å². The van der Waals surface area contributed by atoms with Crippen LogP contribution in [0.3, 0.4) is 0 Å². The van der Waals surface area contributed by atoms with E-state index in [1.54, 1.807) is 11.8 Å². The lowest BCUT2D eigenvalue weighted by Crippen LogP contribution is -1.98. The number of nitrogens with zero attached hydrogens (tertiary/aromatic N) is 1. The van der Waals surface area contributed by atoms with Gasteiger partial charge in [0.2, 0.25) is 0 Å². The maximum Gasteiger partial charge on any atom is 0.166 e. The molecule has 1 unspecified atom stereocenters. The molecule has 0 aliphatic heterocycles. The van der Waals surface area contributed by atoms with Crippen molar-refractivity contribution in [3.63, 3.8) is 0 Å². The molecule has 2 rings (SSSR count). The highest BCUT2D eigenvalue weighted by atomic mass is 79.9. The average molecular weight is 299 g/mol. The molecule has 0 saturated carbocycles. The first-order valence-electron chi connectivity index (χ1n) is 5.34. The summed E-state index contributed by atoms with van der Waals surface area (Å²) in [6.07, 6.45) is 0. The monoisotopic (exact) mass is 298 g/mol. The van der Waals surface area contributed by atoms with Crippen LogP contribution in [-0.4, -0.2) is 21.1 Å². The summed E-state index contributed by atoms with van der Waals surface area (Å²) in [4.78, 5) is 7.90. The van der Waals surface area contributed by atoms with Gasteiger partial charge < -0.3 is 4.98 Å². The predicted molar refractivity (Wildman–Crippen MR) is 74.5 cm³/mol. The van der Waals surface area contributed by atoms with E-state index >= 15 is 0 Å². The minimum atomic E-state index is 0.667. The highest BCUT2D eigenvalue weighted by molar-refractivity contribution is 9.09. The van der Waals surface area contributed by atoms with E-state index in [9.17, 15) is 0 Å². The number of aromatic amines is 1. The summed E-state index contributed by atoms with van der Waals surface area (Å²) in [5.41, 5.74) is 3.45. The van der Waals surface area contributed by atoms with Gasteiger partial charge in [-0.3, -0.25) is 0 Å². The van der Waals surface area contributed by atoms with Crippen LogP contribution in [0.2, 0.25) is 0 Å². The lowest BCUT2D eigenvalue weighted by Gasteiger charge is -2.03. The van der Waals surface area contributed by atoms with Gasteiger partial charge in [0.15, 0.2) is 5.16 Å². The Morgan fingerprint density at radius 2 is 2.31 bits per heavy atom. The number of aryl methyl sites for hydroxylation is 1.